The topological polar surface area (TPSA) is 80.2 Å². The largest absolute Gasteiger partial charge is 0.490 e. The minimum atomic E-state index is -0.490. The molecule has 3 aromatic rings. The molecule has 2 aliphatic heterocycles. The number of aliphatic hydroxyl groups excluding tert-OH is 2. The van der Waals surface area contributed by atoms with Gasteiger partial charge in [-0.05, 0) is 53.1 Å². The van der Waals surface area contributed by atoms with Gasteiger partial charge in [0.1, 0.15) is 23.9 Å². The first kappa shape index (κ1) is 21.8. The highest BCUT2D eigenvalue weighted by Gasteiger charge is 2.29. The van der Waals surface area contributed by atoms with Crippen LogP contribution in [-0.2, 0) is 11.2 Å². The zero-order valence-electron chi connectivity index (χ0n) is 18.4. The van der Waals surface area contributed by atoms with Crippen LogP contribution in [0.1, 0.15) is 35.6 Å². The van der Waals surface area contributed by atoms with Crippen LogP contribution in [0.2, 0.25) is 0 Å². The van der Waals surface area contributed by atoms with E-state index in [1.165, 1.54) is 0 Å². The lowest BCUT2D eigenvalue weighted by atomic mass is 9.93. The summed E-state index contributed by atoms with van der Waals surface area (Å²) in [5.41, 5.74) is 4.14. The lowest BCUT2D eigenvalue weighted by molar-refractivity contribution is -0.113. The summed E-state index contributed by atoms with van der Waals surface area (Å²) in [6, 6.07) is 22.0. The first-order valence-corrected chi connectivity index (χ1v) is 11.5. The number of nitrogens with one attached hydrogen (secondary N) is 1. The Balaban J connectivity index is 1.46. The second-order valence-corrected chi connectivity index (χ2v) is 8.62. The Labute approximate surface area is 193 Å². The third-order valence-electron chi connectivity index (χ3n) is 6.12. The van der Waals surface area contributed by atoms with Crippen LogP contribution < -0.4 is 14.8 Å². The number of ether oxygens (including phenoxy) is 3. The van der Waals surface area contributed by atoms with Gasteiger partial charge in [0.2, 0.25) is 0 Å². The molecule has 6 heteroatoms. The van der Waals surface area contributed by atoms with E-state index in [9.17, 15) is 10.2 Å². The van der Waals surface area contributed by atoms with E-state index < -0.39 is 6.10 Å². The second-order valence-electron chi connectivity index (χ2n) is 8.62. The maximum Gasteiger partial charge on any atom is 0.142 e. The first-order valence-electron chi connectivity index (χ1n) is 11.5. The maximum absolute atomic E-state index is 10.3. The summed E-state index contributed by atoms with van der Waals surface area (Å²) in [6.45, 7) is 1.37. The second kappa shape index (κ2) is 9.83. The SMILES string of the molecule is OCC1CC(O)CC(c2ccc(Oc3ccccc3)c(Cc3ccc4c(c3)NCCO4)c2)O1. The van der Waals surface area contributed by atoms with E-state index in [4.69, 9.17) is 14.2 Å². The van der Waals surface area contributed by atoms with Gasteiger partial charge in [-0.1, -0.05) is 30.3 Å². The third-order valence-corrected chi connectivity index (χ3v) is 6.12. The van der Waals surface area contributed by atoms with Crippen molar-refractivity contribution in [3.8, 4) is 17.2 Å². The molecule has 5 rings (SSSR count). The molecule has 3 atom stereocenters. The highest BCUT2D eigenvalue weighted by atomic mass is 16.5. The van der Waals surface area contributed by atoms with Crippen molar-refractivity contribution in [1.29, 1.82) is 0 Å². The zero-order valence-corrected chi connectivity index (χ0v) is 18.4. The number of hydrogen-bond donors (Lipinski definition) is 3. The highest BCUT2D eigenvalue weighted by molar-refractivity contribution is 5.60. The Kier molecular flexibility index (Phi) is 6.48. The van der Waals surface area contributed by atoms with Crippen LogP contribution >= 0.6 is 0 Å². The standard InChI is InChI=1S/C27H29NO5/c29-17-23-15-21(30)16-27(33-23)19-7-9-25(32-22-4-2-1-3-5-22)20(14-19)12-18-6-8-26-24(13-18)28-10-11-31-26/h1-9,13-14,21,23,27-30H,10-12,15-17H2. The van der Waals surface area contributed by atoms with Gasteiger partial charge in [0.15, 0.2) is 0 Å². The van der Waals surface area contributed by atoms with Crippen LogP contribution in [0.15, 0.2) is 66.7 Å². The van der Waals surface area contributed by atoms with Crippen molar-refractivity contribution in [2.24, 2.45) is 0 Å². The Morgan fingerprint density at radius 1 is 1.00 bits per heavy atom. The number of para-hydroxylation sites is 1. The molecule has 0 amide bonds. The van der Waals surface area contributed by atoms with Crippen LogP contribution in [0.4, 0.5) is 5.69 Å². The molecular formula is C27H29NO5. The number of fused-ring (bicyclic) bond motifs is 1. The first-order chi connectivity index (χ1) is 16.2. The predicted molar refractivity (Wildman–Crippen MR) is 126 cm³/mol. The van der Waals surface area contributed by atoms with E-state index in [1.54, 1.807) is 0 Å². The molecule has 172 valence electrons. The Morgan fingerprint density at radius 2 is 1.88 bits per heavy atom. The summed E-state index contributed by atoms with van der Waals surface area (Å²) in [6.07, 6.45) is 0.525. The van der Waals surface area contributed by atoms with E-state index in [0.29, 0.717) is 25.9 Å². The fourth-order valence-electron chi connectivity index (χ4n) is 4.49. The van der Waals surface area contributed by atoms with E-state index in [-0.39, 0.29) is 18.8 Å². The van der Waals surface area contributed by atoms with Crippen LogP contribution in [-0.4, -0.2) is 42.2 Å². The zero-order chi connectivity index (χ0) is 22.6. The summed E-state index contributed by atoms with van der Waals surface area (Å²) in [4.78, 5) is 0. The van der Waals surface area contributed by atoms with Gasteiger partial charge in [0.05, 0.1) is 30.6 Å². The Bertz CT molecular complexity index is 1090. The monoisotopic (exact) mass is 447 g/mol. The smallest absolute Gasteiger partial charge is 0.142 e. The van der Waals surface area contributed by atoms with Crippen LogP contribution in [0.25, 0.3) is 0 Å². The molecule has 1 saturated heterocycles. The van der Waals surface area contributed by atoms with Gasteiger partial charge in [0.25, 0.3) is 0 Å². The molecule has 3 N–H and O–H groups in total. The van der Waals surface area contributed by atoms with Gasteiger partial charge in [-0.15, -0.1) is 0 Å². The molecule has 0 radical (unpaired) electrons. The van der Waals surface area contributed by atoms with E-state index in [1.807, 2.05) is 48.5 Å². The normalized spacial score (nSPS) is 22.1. The molecule has 0 saturated carbocycles. The summed E-state index contributed by atoms with van der Waals surface area (Å²) in [5.74, 6) is 2.43. The summed E-state index contributed by atoms with van der Waals surface area (Å²) in [7, 11) is 0. The fraction of sp³-hybridized carbons (Fsp3) is 0.333. The Hall–Kier alpha value is -3.06. The molecule has 1 fully saturated rings. The fourth-order valence-corrected chi connectivity index (χ4v) is 4.49. The van der Waals surface area contributed by atoms with Crippen LogP contribution in [0, 0.1) is 0 Å². The van der Waals surface area contributed by atoms with Crippen molar-refractivity contribution in [3.05, 3.63) is 83.4 Å². The van der Waals surface area contributed by atoms with Crippen molar-refractivity contribution in [3.63, 3.8) is 0 Å². The molecule has 2 heterocycles. The lowest BCUT2D eigenvalue weighted by Crippen LogP contribution is -2.33. The number of anilines is 1. The van der Waals surface area contributed by atoms with Gasteiger partial charge in [0, 0.05) is 25.8 Å². The van der Waals surface area contributed by atoms with Crippen molar-refractivity contribution in [2.75, 3.05) is 25.1 Å². The number of aliphatic hydroxyl groups is 2. The highest BCUT2D eigenvalue weighted by Crippen LogP contribution is 2.36. The van der Waals surface area contributed by atoms with Gasteiger partial charge in [-0.3, -0.25) is 0 Å². The molecule has 33 heavy (non-hydrogen) atoms. The van der Waals surface area contributed by atoms with Gasteiger partial charge in [-0.2, -0.15) is 0 Å². The Morgan fingerprint density at radius 3 is 2.73 bits per heavy atom. The molecule has 6 nitrogen and oxygen atoms in total. The lowest BCUT2D eigenvalue weighted by Gasteiger charge is -2.33. The van der Waals surface area contributed by atoms with Gasteiger partial charge in [-0.25, -0.2) is 0 Å². The van der Waals surface area contributed by atoms with Crippen molar-refractivity contribution in [1.82, 2.24) is 0 Å². The molecule has 0 aromatic heterocycles. The van der Waals surface area contributed by atoms with Gasteiger partial charge >= 0.3 is 0 Å². The van der Waals surface area contributed by atoms with Crippen molar-refractivity contribution in [2.45, 2.75) is 37.6 Å². The summed E-state index contributed by atoms with van der Waals surface area (Å²) in [5, 5.41) is 23.2. The minimum absolute atomic E-state index is 0.0974. The van der Waals surface area contributed by atoms with Crippen LogP contribution in [0.3, 0.4) is 0 Å². The average molecular weight is 448 g/mol. The summed E-state index contributed by atoms with van der Waals surface area (Å²) >= 11 is 0. The number of hydrogen-bond acceptors (Lipinski definition) is 6. The van der Waals surface area contributed by atoms with E-state index >= 15 is 0 Å². The molecule has 0 bridgehead atoms. The molecule has 0 spiro atoms. The number of rotatable bonds is 6. The van der Waals surface area contributed by atoms with Crippen LogP contribution in [0.5, 0.6) is 17.2 Å². The number of benzene rings is 3. The summed E-state index contributed by atoms with van der Waals surface area (Å²) < 4.78 is 18.0. The molecule has 2 aliphatic rings. The van der Waals surface area contributed by atoms with E-state index in [2.05, 4.69) is 23.5 Å². The van der Waals surface area contributed by atoms with Crippen molar-refractivity contribution < 1.29 is 24.4 Å². The van der Waals surface area contributed by atoms with E-state index in [0.717, 1.165) is 46.2 Å². The maximum atomic E-state index is 10.3. The van der Waals surface area contributed by atoms with Crippen molar-refractivity contribution >= 4 is 5.69 Å². The van der Waals surface area contributed by atoms with Gasteiger partial charge < -0.3 is 29.7 Å². The molecule has 3 aromatic carbocycles. The molecule has 0 aliphatic carbocycles. The predicted octanol–water partition coefficient (Wildman–Crippen LogP) is 4.45. The third kappa shape index (κ3) is 5.14. The quantitative estimate of drug-likeness (QED) is 0.518. The minimum Gasteiger partial charge on any atom is -0.490 e. The average Bonchev–Trinajstić information content (AvgIpc) is 2.85. The molecule has 3 unspecified atom stereocenters. The molecular weight excluding hydrogens is 418 g/mol.